The molecule has 0 aliphatic carbocycles. The zero-order valence-electron chi connectivity index (χ0n) is 19.8. The van der Waals surface area contributed by atoms with Gasteiger partial charge in [0.05, 0.1) is 25.9 Å². The van der Waals surface area contributed by atoms with E-state index in [0.717, 1.165) is 90.9 Å². The molecule has 1 aromatic carbocycles. The standard InChI is InChI=1S/C24H40N4O3.HI/c1-3-25-24(28-10-8-23(9-11-28)31-15-5-14-29-2)26-19-21-6-4-7-22(18-21)20-27-12-16-30-17-13-27;/h4,6-7,18,23H,3,5,8-17,19-20H2,1-2H3,(H,25,26);1H. The second kappa shape index (κ2) is 15.8. The van der Waals surface area contributed by atoms with Crippen LogP contribution in [0.3, 0.4) is 0 Å². The van der Waals surface area contributed by atoms with Crippen LogP contribution in [0.15, 0.2) is 29.3 Å². The normalized spacial score (nSPS) is 18.4. The number of hydrogen-bond donors (Lipinski definition) is 1. The van der Waals surface area contributed by atoms with Crippen molar-refractivity contribution in [1.82, 2.24) is 15.1 Å². The number of nitrogens with zero attached hydrogens (tertiary/aromatic N) is 3. The van der Waals surface area contributed by atoms with Crippen molar-refractivity contribution in [1.29, 1.82) is 0 Å². The van der Waals surface area contributed by atoms with Gasteiger partial charge in [-0.25, -0.2) is 4.99 Å². The van der Waals surface area contributed by atoms with Gasteiger partial charge < -0.3 is 24.4 Å². The van der Waals surface area contributed by atoms with Gasteiger partial charge in [0.1, 0.15) is 0 Å². The summed E-state index contributed by atoms with van der Waals surface area (Å²) < 4.78 is 16.6. The van der Waals surface area contributed by atoms with E-state index in [1.807, 2.05) is 0 Å². The van der Waals surface area contributed by atoms with Crippen LogP contribution in [0.5, 0.6) is 0 Å². The molecule has 3 rings (SSSR count). The van der Waals surface area contributed by atoms with E-state index >= 15 is 0 Å². The molecule has 182 valence electrons. The molecule has 2 heterocycles. The molecule has 1 N–H and O–H groups in total. The predicted octanol–water partition coefficient (Wildman–Crippen LogP) is 3.12. The fraction of sp³-hybridized carbons (Fsp3) is 0.708. The van der Waals surface area contributed by atoms with Crippen LogP contribution in [0, 0.1) is 0 Å². The average Bonchev–Trinajstić information content (AvgIpc) is 2.81. The van der Waals surface area contributed by atoms with Crippen molar-refractivity contribution in [3.8, 4) is 0 Å². The van der Waals surface area contributed by atoms with Crippen LogP contribution in [0.4, 0.5) is 0 Å². The number of piperidine rings is 1. The summed E-state index contributed by atoms with van der Waals surface area (Å²) in [5.41, 5.74) is 2.61. The quantitative estimate of drug-likeness (QED) is 0.206. The van der Waals surface area contributed by atoms with E-state index < -0.39 is 0 Å². The highest BCUT2D eigenvalue weighted by Gasteiger charge is 2.21. The van der Waals surface area contributed by atoms with Gasteiger partial charge in [0, 0.05) is 59.6 Å². The Bertz CT molecular complexity index is 662. The first kappa shape index (κ1) is 27.3. The van der Waals surface area contributed by atoms with E-state index in [4.69, 9.17) is 19.2 Å². The van der Waals surface area contributed by atoms with Crippen LogP contribution < -0.4 is 5.32 Å². The first-order chi connectivity index (χ1) is 15.3. The molecule has 0 spiro atoms. The van der Waals surface area contributed by atoms with E-state index in [1.54, 1.807) is 7.11 Å². The molecule has 0 amide bonds. The highest BCUT2D eigenvalue weighted by molar-refractivity contribution is 14.0. The Morgan fingerprint density at radius 2 is 1.88 bits per heavy atom. The van der Waals surface area contributed by atoms with Gasteiger partial charge in [0.15, 0.2) is 5.96 Å². The maximum atomic E-state index is 6.00. The summed E-state index contributed by atoms with van der Waals surface area (Å²) in [4.78, 5) is 9.77. The van der Waals surface area contributed by atoms with E-state index in [9.17, 15) is 0 Å². The van der Waals surface area contributed by atoms with Gasteiger partial charge in [0.25, 0.3) is 0 Å². The van der Waals surface area contributed by atoms with Gasteiger partial charge in [-0.15, -0.1) is 24.0 Å². The fourth-order valence-electron chi connectivity index (χ4n) is 4.12. The number of benzene rings is 1. The first-order valence-electron chi connectivity index (χ1n) is 11.8. The van der Waals surface area contributed by atoms with Crippen LogP contribution in [0.1, 0.15) is 37.3 Å². The van der Waals surface area contributed by atoms with E-state index in [1.165, 1.54) is 11.1 Å². The lowest BCUT2D eigenvalue weighted by atomic mass is 10.1. The summed E-state index contributed by atoms with van der Waals surface area (Å²) >= 11 is 0. The molecule has 0 radical (unpaired) electrons. The summed E-state index contributed by atoms with van der Waals surface area (Å²) in [5, 5.41) is 3.47. The second-order valence-electron chi connectivity index (χ2n) is 8.28. The Labute approximate surface area is 210 Å². The van der Waals surface area contributed by atoms with Gasteiger partial charge in [-0.2, -0.15) is 0 Å². The Morgan fingerprint density at radius 1 is 1.12 bits per heavy atom. The van der Waals surface area contributed by atoms with Gasteiger partial charge in [-0.3, -0.25) is 4.90 Å². The average molecular weight is 561 g/mol. The molecular weight excluding hydrogens is 519 g/mol. The maximum absolute atomic E-state index is 6.00. The third-order valence-corrected chi connectivity index (χ3v) is 5.84. The van der Waals surface area contributed by atoms with Crippen molar-refractivity contribution in [2.24, 2.45) is 4.99 Å². The molecule has 0 bridgehead atoms. The summed E-state index contributed by atoms with van der Waals surface area (Å²) in [5.74, 6) is 1.01. The van der Waals surface area contributed by atoms with E-state index in [0.29, 0.717) is 12.6 Å². The number of morpholine rings is 1. The van der Waals surface area contributed by atoms with Crippen molar-refractivity contribution in [3.63, 3.8) is 0 Å². The highest BCUT2D eigenvalue weighted by atomic mass is 127. The molecule has 2 aliphatic heterocycles. The Hall–Kier alpha value is -0.940. The second-order valence-corrected chi connectivity index (χ2v) is 8.28. The SMILES string of the molecule is CCNC(=NCc1cccc(CN2CCOCC2)c1)N1CCC(OCCCOC)CC1.I. The van der Waals surface area contributed by atoms with Crippen LogP contribution in [-0.2, 0) is 27.3 Å². The monoisotopic (exact) mass is 560 g/mol. The van der Waals surface area contributed by atoms with Crippen LogP contribution in [0.25, 0.3) is 0 Å². The van der Waals surface area contributed by atoms with Gasteiger partial charge in [0.2, 0.25) is 0 Å². The Balaban J connectivity index is 0.00000363. The first-order valence-corrected chi connectivity index (χ1v) is 11.8. The summed E-state index contributed by atoms with van der Waals surface area (Å²) in [7, 11) is 1.74. The number of aliphatic imine (C=N–C) groups is 1. The van der Waals surface area contributed by atoms with Crippen molar-refractivity contribution in [2.45, 2.75) is 45.4 Å². The fourth-order valence-corrected chi connectivity index (χ4v) is 4.12. The zero-order chi connectivity index (χ0) is 21.7. The number of likely N-dealkylation sites (tertiary alicyclic amines) is 1. The van der Waals surface area contributed by atoms with Crippen LogP contribution in [0.2, 0.25) is 0 Å². The number of halogens is 1. The lowest BCUT2D eigenvalue weighted by Crippen LogP contribution is -2.47. The minimum absolute atomic E-state index is 0. The molecule has 0 saturated carbocycles. The molecule has 1 aromatic rings. The van der Waals surface area contributed by atoms with E-state index in [-0.39, 0.29) is 24.0 Å². The van der Waals surface area contributed by atoms with Gasteiger partial charge >= 0.3 is 0 Å². The van der Waals surface area contributed by atoms with Crippen LogP contribution in [-0.4, -0.2) is 88.1 Å². The molecular formula is C24H41IN4O3. The van der Waals surface area contributed by atoms with Gasteiger partial charge in [-0.05, 0) is 37.3 Å². The van der Waals surface area contributed by atoms with E-state index in [2.05, 4.69) is 46.3 Å². The molecule has 8 heteroatoms. The number of ether oxygens (including phenoxy) is 3. The zero-order valence-corrected chi connectivity index (χ0v) is 22.1. The lowest BCUT2D eigenvalue weighted by molar-refractivity contribution is 0.00990. The van der Waals surface area contributed by atoms with Crippen LogP contribution >= 0.6 is 24.0 Å². The van der Waals surface area contributed by atoms with Crippen molar-refractivity contribution >= 4 is 29.9 Å². The summed E-state index contributed by atoms with van der Waals surface area (Å²) in [6.45, 7) is 11.9. The molecule has 2 aliphatic rings. The van der Waals surface area contributed by atoms with Crippen molar-refractivity contribution in [3.05, 3.63) is 35.4 Å². The third kappa shape index (κ3) is 9.51. The number of hydrogen-bond acceptors (Lipinski definition) is 5. The smallest absolute Gasteiger partial charge is 0.194 e. The lowest BCUT2D eigenvalue weighted by Gasteiger charge is -2.34. The molecule has 2 saturated heterocycles. The molecule has 0 aromatic heterocycles. The maximum Gasteiger partial charge on any atom is 0.194 e. The largest absolute Gasteiger partial charge is 0.385 e. The minimum Gasteiger partial charge on any atom is -0.385 e. The molecule has 0 atom stereocenters. The topological polar surface area (TPSA) is 58.6 Å². The number of rotatable bonds is 10. The number of nitrogens with one attached hydrogen (secondary N) is 1. The molecule has 7 nitrogen and oxygen atoms in total. The Kier molecular flexibility index (Phi) is 13.5. The van der Waals surface area contributed by atoms with Gasteiger partial charge in [-0.1, -0.05) is 24.3 Å². The van der Waals surface area contributed by atoms with Crippen molar-refractivity contribution in [2.75, 3.05) is 66.3 Å². The predicted molar refractivity (Wildman–Crippen MR) is 140 cm³/mol. The minimum atomic E-state index is 0. The summed E-state index contributed by atoms with van der Waals surface area (Å²) in [6, 6.07) is 8.84. The number of guanidine groups is 1. The molecule has 32 heavy (non-hydrogen) atoms. The number of methoxy groups -OCH3 is 1. The summed E-state index contributed by atoms with van der Waals surface area (Å²) in [6.07, 6.45) is 3.41. The highest BCUT2D eigenvalue weighted by Crippen LogP contribution is 2.15. The van der Waals surface area contributed by atoms with Crippen molar-refractivity contribution < 1.29 is 14.2 Å². The molecule has 0 unspecified atom stereocenters. The Morgan fingerprint density at radius 3 is 2.59 bits per heavy atom. The third-order valence-electron chi connectivity index (χ3n) is 5.84. The molecule has 2 fully saturated rings.